The van der Waals surface area contributed by atoms with Gasteiger partial charge in [0.25, 0.3) is 0 Å². The van der Waals surface area contributed by atoms with E-state index in [1.54, 1.807) is 17.7 Å². The molecule has 1 aliphatic heterocycles. The fourth-order valence-electron chi connectivity index (χ4n) is 3.96. The van der Waals surface area contributed by atoms with E-state index < -0.39 is 0 Å². The smallest absolute Gasteiger partial charge is 0.141 e. The maximum absolute atomic E-state index is 4.72. The maximum atomic E-state index is 4.72. The largest absolute Gasteiger partial charge is 0.355 e. The average Bonchev–Trinajstić information content (AvgIpc) is 3.39. The van der Waals surface area contributed by atoms with Gasteiger partial charge in [0, 0.05) is 41.8 Å². The molecule has 1 fully saturated rings. The van der Waals surface area contributed by atoms with Gasteiger partial charge in [-0.2, -0.15) is 5.10 Å². The first-order valence-corrected chi connectivity index (χ1v) is 10.2. The molecule has 1 aromatic carbocycles. The van der Waals surface area contributed by atoms with Gasteiger partial charge in [0.1, 0.15) is 17.0 Å². The first-order valence-electron chi connectivity index (χ1n) is 9.33. The highest BCUT2D eigenvalue weighted by molar-refractivity contribution is 7.17. The Morgan fingerprint density at radius 2 is 2.04 bits per heavy atom. The van der Waals surface area contributed by atoms with Crippen molar-refractivity contribution in [2.24, 2.45) is 0 Å². The van der Waals surface area contributed by atoms with Crippen LogP contribution in [0, 0.1) is 6.92 Å². The van der Waals surface area contributed by atoms with Gasteiger partial charge in [-0.1, -0.05) is 29.8 Å². The lowest BCUT2D eigenvalue weighted by molar-refractivity contribution is 0.499. The van der Waals surface area contributed by atoms with E-state index in [-0.39, 0.29) is 0 Å². The van der Waals surface area contributed by atoms with Crippen LogP contribution in [0.25, 0.3) is 21.3 Å². The molecule has 1 aliphatic rings. The van der Waals surface area contributed by atoms with Crippen LogP contribution in [0.5, 0.6) is 0 Å². The summed E-state index contributed by atoms with van der Waals surface area (Å²) in [5.74, 6) is 1.52. The van der Waals surface area contributed by atoms with Crippen molar-refractivity contribution in [3.05, 3.63) is 59.5 Å². The summed E-state index contributed by atoms with van der Waals surface area (Å²) in [4.78, 5) is 12.7. The number of hydrogen-bond donors (Lipinski definition) is 1. The highest BCUT2D eigenvalue weighted by Crippen LogP contribution is 2.39. The van der Waals surface area contributed by atoms with Gasteiger partial charge in [0.2, 0.25) is 0 Å². The molecule has 0 unspecified atom stereocenters. The number of rotatable bonds is 3. The Balaban J connectivity index is 1.57. The maximum Gasteiger partial charge on any atom is 0.141 e. The highest BCUT2D eigenvalue weighted by atomic mass is 32.1. The molecule has 5 nitrogen and oxygen atoms in total. The van der Waals surface area contributed by atoms with Crippen LogP contribution in [0.15, 0.2) is 48.2 Å². The summed E-state index contributed by atoms with van der Waals surface area (Å²) in [6, 6.07) is 10.8. The van der Waals surface area contributed by atoms with Crippen LogP contribution in [0.2, 0.25) is 0 Å². The molecule has 0 spiro atoms. The van der Waals surface area contributed by atoms with Crippen LogP contribution in [0.4, 0.5) is 5.82 Å². The molecule has 0 saturated carbocycles. The van der Waals surface area contributed by atoms with Crippen molar-refractivity contribution in [1.29, 1.82) is 0 Å². The second-order valence-electron chi connectivity index (χ2n) is 7.19. The van der Waals surface area contributed by atoms with E-state index in [2.05, 4.69) is 62.7 Å². The Hall–Kier alpha value is -2.73. The standard InChI is InChI=1S/C21H21N5S/c1-14-4-6-15(7-5-14)17-12-27-21-19(17)20(22-13-23-21)26-10-2-3-16(11-26)18-8-9-24-25-18/h4-9,12-13,16H,2-3,10-11H2,1H3,(H,24,25)/t16-/m1/s1. The molecule has 5 rings (SSSR count). The first-order chi connectivity index (χ1) is 13.3. The van der Waals surface area contributed by atoms with E-state index in [9.17, 15) is 0 Å². The Kier molecular flexibility index (Phi) is 4.13. The van der Waals surface area contributed by atoms with Crippen molar-refractivity contribution >= 4 is 27.4 Å². The second kappa shape index (κ2) is 6.78. The van der Waals surface area contributed by atoms with Gasteiger partial charge in [-0.3, -0.25) is 5.10 Å². The van der Waals surface area contributed by atoms with Crippen molar-refractivity contribution in [2.75, 3.05) is 18.0 Å². The van der Waals surface area contributed by atoms with Crippen molar-refractivity contribution in [1.82, 2.24) is 20.2 Å². The zero-order valence-corrected chi connectivity index (χ0v) is 16.0. The molecule has 27 heavy (non-hydrogen) atoms. The number of hydrogen-bond acceptors (Lipinski definition) is 5. The molecule has 6 heteroatoms. The van der Waals surface area contributed by atoms with E-state index in [0.29, 0.717) is 5.92 Å². The van der Waals surface area contributed by atoms with E-state index >= 15 is 0 Å². The molecule has 0 bridgehead atoms. The third-order valence-electron chi connectivity index (χ3n) is 5.40. The normalized spacial score (nSPS) is 17.5. The molecule has 1 N–H and O–H groups in total. The van der Waals surface area contributed by atoms with E-state index in [1.807, 2.05) is 6.20 Å². The molecule has 0 aliphatic carbocycles. The van der Waals surface area contributed by atoms with Crippen LogP contribution >= 0.6 is 11.3 Å². The Labute approximate surface area is 162 Å². The molecule has 4 aromatic rings. The van der Waals surface area contributed by atoms with Gasteiger partial charge < -0.3 is 4.90 Å². The molecular formula is C21H21N5S. The fourth-order valence-corrected chi connectivity index (χ4v) is 4.87. The van der Waals surface area contributed by atoms with Crippen molar-refractivity contribution in [3.63, 3.8) is 0 Å². The number of anilines is 1. The summed E-state index contributed by atoms with van der Waals surface area (Å²) in [6.07, 6.45) is 5.87. The lowest BCUT2D eigenvalue weighted by Crippen LogP contribution is -2.35. The SMILES string of the molecule is Cc1ccc(-c2csc3ncnc(N4CCC[C@@H](c5ccn[nH]5)C4)c23)cc1. The van der Waals surface area contributed by atoms with Gasteiger partial charge in [-0.05, 0) is 31.4 Å². The van der Waals surface area contributed by atoms with Crippen molar-refractivity contribution < 1.29 is 0 Å². The Morgan fingerprint density at radius 3 is 2.85 bits per heavy atom. The lowest BCUT2D eigenvalue weighted by atomic mass is 9.94. The summed E-state index contributed by atoms with van der Waals surface area (Å²) in [5.41, 5.74) is 4.95. The van der Waals surface area contributed by atoms with Gasteiger partial charge in [-0.15, -0.1) is 11.3 Å². The number of thiophene rings is 1. The highest BCUT2D eigenvalue weighted by Gasteiger charge is 2.25. The van der Waals surface area contributed by atoms with E-state index in [4.69, 9.17) is 4.98 Å². The molecule has 136 valence electrons. The van der Waals surface area contributed by atoms with E-state index in [0.717, 1.165) is 30.2 Å². The monoisotopic (exact) mass is 375 g/mol. The number of aromatic nitrogens is 4. The third kappa shape index (κ3) is 3.00. The minimum Gasteiger partial charge on any atom is -0.355 e. The number of aromatic amines is 1. The molecular weight excluding hydrogens is 354 g/mol. The van der Waals surface area contributed by atoms with Crippen molar-refractivity contribution in [2.45, 2.75) is 25.7 Å². The summed E-state index contributed by atoms with van der Waals surface area (Å²) in [7, 11) is 0. The molecule has 4 heterocycles. The molecule has 0 amide bonds. The quantitative estimate of drug-likeness (QED) is 0.560. The van der Waals surface area contributed by atoms with Gasteiger partial charge in [0.05, 0.1) is 5.39 Å². The second-order valence-corrected chi connectivity index (χ2v) is 8.05. The molecule has 1 saturated heterocycles. The number of nitrogens with zero attached hydrogens (tertiary/aromatic N) is 4. The zero-order valence-electron chi connectivity index (χ0n) is 15.2. The molecule has 0 radical (unpaired) electrons. The molecule has 1 atom stereocenters. The minimum atomic E-state index is 0.465. The fraction of sp³-hybridized carbons (Fsp3) is 0.286. The summed E-state index contributed by atoms with van der Waals surface area (Å²) < 4.78 is 0. The van der Waals surface area contributed by atoms with Crippen LogP contribution in [0.1, 0.15) is 30.0 Å². The minimum absolute atomic E-state index is 0.465. The van der Waals surface area contributed by atoms with Crippen LogP contribution in [-0.2, 0) is 0 Å². The third-order valence-corrected chi connectivity index (χ3v) is 6.28. The Morgan fingerprint density at radius 1 is 1.15 bits per heavy atom. The number of piperidine rings is 1. The van der Waals surface area contributed by atoms with Crippen molar-refractivity contribution in [3.8, 4) is 11.1 Å². The van der Waals surface area contributed by atoms with E-state index in [1.165, 1.54) is 34.2 Å². The first kappa shape index (κ1) is 16.4. The molecule has 3 aromatic heterocycles. The predicted octanol–water partition coefficient (Wildman–Crippen LogP) is 4.77. The van der Waals surface area contributed by atoms with Gasteiger partial charge in [0.15, 0.2) is 0 Å². The summed E-state index contributed by atoms with van der Waals surface area (Å²) in [6.45, 7) is 4.10. The lowest BCUT2D eigenvalue weighted by Gasteiger charge is -2.33. The average molecular weight is 376 g/mol. The summed E-state index contributed by atoms with van der Waals surface area (Å²) >= 11 is 1.70. The van der Waals surface area contributed by atoms with Crippen LogP contribution in [0.3, 0.4) is 0 Å². The number of aryl methyl sites for hydroxylation is 1. The number of nitrogens with one attached hydrogen (secondary N) is 1. The number of H-pyrrole nitrogens is 1. The van der Waals surface area contributed by atoms with Crippen LogP contribution < -0.4 is 4.90 Å². The number of benzene rings is 1. The van der Waals surface area contributed by atoms with Gasteiger partial charge >= 0.3 is 0 Å². The van der Waals surface area contributed by atoms with Crippen LogP contribution in [-0.4, -0.2) is 33.3 Å². The predicted molar refractivity (Wildman–Crippen MR) is 110 cm³/mol. The summed E-state index contributed by atoms with van der Waals surface area (Å²) in [5, 5.41) is 10.7. The Bertz CT molecular complexity index is 1050. The zero-order chi connectivity index (χ0) is 18.2. The van der Waals surface area contributed by atoms with Gasteiger partial charge in [-0.25, -0.2) is 9.97 Å². The topological polar surface area (TPSA) is 57.7 Å². The number of fused-ring (bicyclic) bond motifs is 1.